The first-order valence-corrected chi connectivity index (χ1v) is 8.24. The lowest BCUT2D eigenvalue weighted by molar-refractivity contribution is 0.478. The SMILES string of the molecule is CCCCCCC(CCCC)c1cc(Br)oc1C. The van der Waals surface area contributed by atoms with Crippen LogP contribution in [-0.4, -0.2) is 0 Å². The molecule has 0 aliphatic heterocycles. The first kappa shape index (κ1) is 15.8. The van der Waals surface area contributed by atoms with Crippen LogP contribution in [0.4, 0.5) is 0 Å². The largest absolute Gasteiger partial charge is 0.454 e. The van der Waals surface area contributed by atoms with E-state index in [1.54, 1.807) is 0 Å². The molecule has 0 N–H and O–H groups in total. The molecule has 1 aromatic rings. The fourth-order valence-corrected chi connectivity index (χ4v) is 3.08. The highest BCUT2D eigenvalue weighted by molar-refractivity contribution is 9.10. The monoisotopic (exact) mass is 314 g/mol. The molecule has 0 fully saturated rings. The summed E-state index contributed by atoms with van der Waals surface area (Å²) in [7, 11) is 0. The molecular formula is C16H27BrO. The lowest BCUT2D eigenvalue weighted by Gasteiger charge is -2.16. The third kappa shape index (κ3) is 5.17. The Hall–Kier alpha value is -0.240. The molecule has 0 saturated heterocycles. The van der Waals surface area contributed by atoms with Crippen molar-refractivity contribution >= 4 is 15.9 Å². The number of unbranched alkanes of at least 4 members (excludes halogenated alkanes) is 4. The van der Waals surface area contributed by atoms with Crippen LogP contribution in [0.25, 0.3) is 0 Å². The fraction of sp³-hybridized carbons (Fsp3) is 0.750. The zero-order valence-electron chi connectivity index (χ0n) is 12.1. The maximum absolute atomic E-state index is 5.62. The van der Waals surface area contributed by atoms with Crippen LogP contribution < -0.4 is 0 Å². The summed E-state index contributed by atoms with van der Waals surface area (Å²) in [5, 5.41) is 0. The average Bonchev–Trinajstić information content (AvgIpc) is 2.68. The van der Waals surface area contributed by atoms with Crippen molar-refractivity contribution in [2.45, 2.75) is 78.1 Å². The Morgan fingerprint density at radius 1 is 1.06 bits per heavy atom. The second-order valence-corrected chi connectivity index (χ2v) is 6.03. The van der Waals surface area contributed by atoms with Crippen molar-refractivity contribution in [1.29, 1.82) is 0 Å². The van der Waals surface area contributed by atoms with Gasteiger partial charge in [-0.3, -0.25) is 0 Å². The third-order valence-corrected chi connectivity index (χ3v) is 4.07. The van der Waals surface area contributed by atoms with Crippen molar-refractivity contribution in [1.82, 2.24) is 0 Å². The van der Waals surface area contributed by atoms with Gasteiger partial charge in [0.1, 0.15) is 5.76 Å². The van der Waals surface area contributed by atoms with E-state index in [-0.39, 0.29) is 0 Å². The van der Waals surface area contributed by atoms with Crippen molar-refractivity contribution in [3.63, 3.8) is 0 Å². The predicted octanol–water partition coefficient (Wildman–Crippen LogP) is 6.59. The van der Waals surface area contributed by atoms with Gasteiger partial charge in [-0.25, -0.2) is 0 Å². The number of hydrogen-bond donors (Lipinski definition) is 0. The first-order chi connectivity index (χ1) is 8.69. The maximum Gasteiger partial charge on any atom is 0.169 e. The molecule has 1 unspecified atom stereocenters. The molecule has 0 aromatic carbocycles. The Morgan fingerprint density at radius 3 is 2.28 bits per heavy atom. The molecule has 0 bridgehead atoms. The van der Waals surface area contributed by atoms with Crippen LogP contribution in [0.15, 0.2) is 15.2 Å². The molecule has 0 aliphatic carbocycles. The van der Waals surface area contributed by atoms with E-state index in [9.17, 15) is 0 Å². The molecular weight excluding hydrogens is 288 g/mol. The fourth-order valence-electron chi connectivity index (χ4n) is 2.59. The van der Waals surface area contributed by atoms with Gasteiger partial charge in [0.15, 0.2) is 4.67 Å². The van der Waals surface area contributed by atoms with Gasteiger partial charge in [-0.1, -0.05) is 52.4 Å². The van der Waals surface area contributed by atoms with Crippen LogP contribution in [0.1, 0.15) is 82.5 Å². The molecule has 0 spiro atoms. The summed E-state index contributed by atoms with van der Waals surface area (Å²) in [6, 6.07) is 2.18. The number of furan rings is 1. The lowest BCUT2D eigenvalue weighted by Crippen LogP contribution is -2.00. The Labute approximate surface area is 120 Å². The average molecular weight is 315 g/mol. The minimum atomic E-state index is 0.692. The predicted molar refractivity (Wildman–Crippen MR) is 82.2 cm³/mol. The van der Waals surface area contributed by atoms with Crippen LogP contribution in [0, 0.1) is 6.92 Å². The molecule has 1 nitrogen and oxygen atoms in total. The van der Waals surface area contributed by atoms with Gasteiger partial charge in [0, 0.05) is 0 Å². The molecule has 1 heterocycles. The lowest BCUT2D eigenvalue weighted by atomic mass is 9.89. The third-order valence-electron chi connectivity index (χ3n) is 3.68. The smallest absolute Gasteiger partial charge is 0.169 e. The normalized spacial score (nSPS) is 12.9. The van der Waals surface area contributed by atoms with E-state index in [0.717, 1.165) is 10.4 Å². The van der Waals surface area contributed by atoms with Gasteiger partial charge >= 0.3 is 0 Å². The molecule has 104 valence electrons. The van der Waals surface area contributed by atoms with Crippen molar-refractivity contribution < 1.29 is 4.42 Å². The van der Waals surface area contributed by atoms with Crippen LogP contribution in [0.5, 0.6) is 0 Å². The van der Waals surface area contributed by atoms with Crippen LogP contribution in [0.3, 0.4) is 0 Å². The summed E-state index contributed by atoms with van der Waals surface area (Å²) in [5.41, 5.74) is 1.42. The summed E-state index contributed by atoms with van der Waals surface area (Å²) >= 11 is 3.45. The molecule has 0 saturated carbocycles. The molecule has 1 rings (SSSR count). The highest BCUT2D eigenvalue weighted by atomic mass is 79.9. The highest BCUT2D eigenvalue weighted by Gasteiger charge is 2.16. The number of rotatable bonds is 9. The van der Waals surface area contributed by atoms with E-state index in [2.05, 4.69) is 42.8 Å². The zero-order chi connectivity index (χ0) is 13.4. The molecule has 1 aromatic heterocycles. The summed E-state index contributed by atoms with van der Waals surface area (Å²) < 4.78 is 6.50. The number of aryl methyl sites for hydroxylation is 1. The topological polar surface area (TPSA) is 13.1 Å². The van der Waals surface area contributed by atoms with Crippen LogP contribution in [-0.2, 0) is 0 Å². The van der Waals surface area contributed by atoms with E-state index >= 15 is 0 Å². The van der Waals surface area contributed by atoms with Gasteiger partial charge in [0.25, 0.3) is 0 Å². The summed E-state index contributed by atoms with van der Waals surface area (Å²) in [6.45, 7) is 6.63. The van der Waals surface area contributed by atoms with E-state index < -0.39 is 0 Å². The summed E-state index contributed by atoms with van der Waals surface area (Å²) in [5.74, 6) is 1.79. The Morgan fingerprint density at radius 2 is 1.72 bits per heavy atom. The van der Waals surface area contributed by atoms with Gasteiger partial charge in [-0.05, 0) is 53.2 Å². The summed E-state index contributed by atoms with van der Waals surface area (Å²) in [6.07, 6.45) is 10.6. The van der Waals surface area contributed by atoms with Crippen molar-refractivity contribution in [3.8, 4) is 0 Å². The molecule has 0 amide bonds. The van der Waals surface area contributed by atoms with E-state index in [1.807, 2.05) is 0 Å². The second-order valence-electron chi connectivity index (χ2n) is 5.25. The zero-order valence-corrected chi connectivity index (χ0v) is 13.7. The second kappa shape index (κ2) is 8.79. The standard InChI is InChI=1S/C16H27BrO/c1-4-6-8-9-11-14(10-7-5-2)15-12-16(17)18-13(15)3/h12,14H,4-11H2,1-3H3. The Kier molecular flexibility index (Phi) is 7.73. The first-order valence-electron chi connectivity index (χ1n) is 7.44. The van der Waals surface area contributed by atoms with Gasteiger partial charge in [0.2, 0.25) is 0 Å². The van der Waals surface area contributed by atoms with Gasteiger partial charge < -0.3 is 4.42 Å². The summed E-state index contributed by atoms with van der Waals surface area (Å²) in [4.78, 5) is 0. The molecule has 2 heteroatoms. The van der Waals surface area contributed by atoms with Crippen molar-refractivity contribution in [2.24, 2.45) is 0 Å². The molecule has 0 radical (unpaired) electrons. The number of hydrogen-bond acceptors (Lipinski definition) is 1. The maximum atomic E-state index is 5.62. The Bertz CT molecular complexity index is 330. The van der Waals surface area contributed by atoms with E-state index in [1.165, 1.54) is 56.9 Å². The van der Waals surface area contributed by atoms with E-state index in [0.29, 0.717) is 5.92 Å². The van der Waals surface area contributed by atoms with Gasteiger partial charge in [-0.2, -0.15) is 0 Å². The highest BCUT2D eigenvalue weighted by Crippen LogP contribution is 2.33. The van der Waals surface area contributed by atoms with Gasteiger partial charge in [-0.15, -0.1) is 0 Å². The minimum Gasteiger partial charge on any atom is -0.454 e. The molecule has 0 aliphatic rings. The van der Waals surface area contributed by atoms with Gasteiger partial charge in [0.05, 0.1) is 0 Å². The van der Waals surface area contributed by atoms with Crippen LogP contribution in [0.2, 0.25) is 0 Å². The number of halogens is 1. The molecule has 18 heavy (non-hydrogen) atoms. The molecule has 1 atom stereocenters. The van der Waals surface area contributed by atoms with Crippen molar-refractivity contribution in [2.75, 3.05) is 0 Å². The van der Waals surface area contributed by atoms with E-state index in [4.69, 9.17) is 4.42 Å². The minimum absolute atomic E-state index is 0.692. The Balaban J connectivity index is 2.56. The van der Waals surface area contributed by atoms with Crippen molar-refractivity contribution in [3.05, 3.63) is 22.1 Å². The quantitative estimate of drug-likeness (QED) is 0.468. The van der Waals surface area contributed by atoms with Crippen LogP contribution >= 0.6 is 15.9 Å².